The molecule has 1 nitrogen and oxygen atoms in total. The van der Waals surface area contributed by atoms with Gasteiger partial charge in [0.15, 0.2) is 0 Å². The zero-order valence-corrected chi connectivity index (χ0v) is 12.0. The van der Waals surface area contributed by atoms with Crippen LogP contribution in [-0.2, 0) is 11.2 Å². The second-order valence-corrected chi connectivity index (χ2v) is 5.67. The van der Waals surface area contributed by atoms with Crippen LogP contribution in [0.2, 0.25) is 0 Å². The van der Waals surface area contributed by atoms with E-state index >= 15 is 0 Å². The Morgan fingerprint density at radius 2 is 1.89 bits per heavy atom. The molecule has 1 unspecified atom stereocenters. The van der Waals surface area contributed by atoms with Crippen molar-refractivity contribution in [1.82, 2.24) is 0 Å². The molecule has 1 fully saturated rings. The molecule has 0 aromatic heterocycles. The molecular formula is C16H23ClO. The van der Waals surface area contributed by atoms with Crippen molar-refractivity contribution in [2.24, 2.45) is 5.92 Å². The molecule has 0 aliphatic carbocycles. The van der Waals surface area contributed by atoms with Gasteiger partial charge in [0.05, 0.1) is 5.38 Å². The summed E-state index contributed by atoms with van der Waals surface area (Å²) < 4.78 is 5.39. The van der Waals surface area contributed by atoms with Crippen LogP contribution in [0.25, 0.3) is 0 Å². The number of rotatable bonds is 5. The summed E-state index contributed by atoms with van der Waals surface area (Å²) in [6.07, 6.45) is 5.88. The van der Waals surface area contributed by atoms with E-state index in [1.165, 1.54) is 30.4 Å². The van der Waals surface area contributed by atoms with Crippen molar-refractivity contribution in [2.45, 2.75) is 44.4 Å². The van der Waals surface area contributed by atoms with Crippen molar-refractivity contribution in [3.05, 3.63) is 35.4 Å². The van der Waals surface area contributed by atoms with Crippen LogP contribution in [0.5, 0.6) is 0 Å². The van der Waals surface area contributed by atoms with Gasteiger partial charge in [0, 0.05) is 13.2 Å². The van der Waals surface area contributed by atoms with Crippen LogP contribution in [0.3, 0.4) is 0 Å². The van der Waals surface area contributed by atoms with Gasteiger partial charge in [-0.15, -0.1) is 11.6 Å². The van der Waals surface area contributed by atoms with Crippen LogP contribution in [0.4, 0.5) is 0 Å². The number of unbranched alkanes of at least 4 members (excludes halogenated alkanes) is 1. The van der Waals surface area contributed by atoms with E-state index in [-0.39, 0.29) is 5.38 Å². The summed E-state index contributed by atoms with van der Waals surface area (Å²) in [5.74, 6) is 0.571. The minimum Gasteiger partial charge on any atom is -0.381 e. The van der Waals surface area contributed by atoms with Crippen LogP contribution in [0.1, 0.15) is 49.1 Å². The molecule has 1 aromatic rings. The molecule has 0 spiro atoms. The number of hydrogen-bond donors (Lipinski definition) is 0. The van der Waals surface area contributed by atoms with E-state index in [1.807, 2.05) is 0 Å². The summed E-state index contributed by atoms with van der Waals surface area (Å²) in [7, 11) is 0. The van der Waals surface area contributed by atoms with Gasteiger partial charge >= 0.3 is 0 Å². The van der Waals surface area contributed by atoms with Gasteiger partial charge in [-0.2, -0.15) is 0 Å². The van der Waals surface area contributed by atoms with Crippen molar-refractivity contribution < 1.29 is 4.74 Å². The molecule has 0 radical (unpaired) electrons. The first-order chi connectivity index (χ1) is 8.81. The molecule has 2 rings (SSSR count). The molecule has 2 heteroatoms. The van der Waals surface area contributed by atoms with E-state index in [9.17, 15) is 0 Å². The first kappa shape index (κ1) is 13.9. The Balaban J connectivity index is 1.95. The lowest BCUT2D eigenvalue weighted by Crippen LogP contribution is -2.19. The molecule has 18 heavy (non-hydrogen) atoms. The molecule has 1 aromatic carbocycles. The van der Waals surface area contributed by atoms with Crippen LogP contribution >= 0.6 is 11.6 Å². The normalized spacial score (nSPS) is 18.8. The quantitative estimate of drug-likeness (QED) is 0.700. The molecule has 100 valence electrons. The number of alkyl halides is 1. The zero-order valence-electron chi connectivity index (χ0n) is 11.2. The highest BCUT2D eigenvalue weighted by Gasteiger charge is 2.23. The smallest absolute Gasteiger partial charge is 0.0615 e. The first-order valence-electron chi connectivity index (χ1n) is 7.12. The average molecular weight is 267 g/mol. The lowest BCUT2D eigenvalue weighted by atomic mass is 9.91. The van der Waals surface area contributed by atoms with E-state index < -0.39 is 0 Å². The van der Waals surface area contributed by atoms with E-state index in [0.717, 1.165) is 26.1 Å². The SMILES string of the molecule is CCCCc1ccc(C(Cl)C2CCOCC2)cc1. The number of halogens is 1. The summed E-state index contributed by atoms with van der Waals surface area (Å²) in [5, 5.41) is 0.147. The molecule has 0 amide bonds. The third-order valence-corrected chi connectivity index (χ3v) is 4.41. The minimum atomic E-state index is 0.147. The largest absolute Gasteiger partial charge is 0.381 e. The highest BCUT2D eigenvalue weighted by atomic mass is 35.5. The van der Waals surface area contributed by atoms with Crippen molar-refractivity contribution in [2.75, 3.05) is 13.2 Å². The Morgan fingerprint density at radius 3 is 2.50 bits per heavy atom. The fourth-order valence-corrected chi connectivity index (χ4v) is 2.93. The fourth-order valence-electron chi connectivity index (χ4n) is 2.53. The standard InChI is InChI=1S/C16H23ClO/c1-2-3-4-13-5-7-14(8-6-13)16(17)15-9-11-18-12-10-15/h5-8,15-16H,2-4,9-12H2,1H3. The third kappa shape index (κ3) is 3.73. The first-order valence-corrected chi connectivity index (χ1v) is 7.55. The summed E-state index contributed by atoms with van der Waals surface area (Å²) in [6.45, 7) is 3.96. The predicted octanol–water partition coefficient (Wildman–Crippen LogP) is 4.74. The molecule has 1 aliphatic heterocycles. The summed E-state index contributed by atoms with van der Waals surface area (Å²) in [4.78, 5) is 0. The summed E-state index contributed by atoms with van der Waals surface area (Å²) >= 11 is 6.59. The van der Waals surface area contributed by atoms with Gasteiger partial charge in [-0.05, 0) is 42.7 Å². The third-order valence-electron chi connectivity index (χ3n) is 3.80. The molecule has 1 saturated heterocycles. The van der Waals surface area contributed by atoms with Gasteiger partial charge < -0.3 is 4.74 Å². The average Bonchev–Trinajstić information content (AvgIpc) is 2.46. The van der Waals surface area contributed by atoms with Gasteiger partial charge in [-0.25, -0.2) is 0 Å². The monoisotopic (exact) mass is 266 g/mol. The maximum Gasteiger partial charge on any atom is 0.0615 e. The van der Waals surface area contributed by atoms with Crippen molar-refractivity contribution >= 4 is 11.6 Å². The van der Waals surface area contributed by atoms with Crippen LogP contribution in [0, 0.1) is 5.92 Å². The lowest BCUT2D eigenvalue weighted by Gasteiger charge is -2.26. The number of ether oxygens (including phenoxy) is 1. The Hall–Kier alpha value is -0.530. The molecule has 0 N–H and O–H groups in total. The van der Waals surface area contributed by atoms with E-state index in [1.54, 1.807) is 0 Å². The maximum absolute atomic E-state index is 6.59. The maximum atomic E-state index is 6.59. The number of benzene rings is 1. The Kier molecular flexibility index (Phi) is 5.52. The highest BCUT2D eigenvalue weighted by Crippen LogP contribution is 2.35. The Labute approximate surface area is 115 Å². The number of hydrogen-bond acceptors (Lipinski definition) is 1. The Bertz CT molecular complexity index is 341. The second-order valence-electron chi connectivity index (χ2n) is 5.20. The van der Waals surface area contributed by atoms with Gasteiger partial charge in [-0.3, -0.25) is 0 Å². The van der Waals surface area contributed by atoms with Crippen molar-refractivity contribution in [3.8, 4) is 0 Å². The fraction of sp³-hybridized carbons (Fsp3) is 0.625. The Morgan fingerprint density at radius 1 is 1.22 bits per heavy atom. The lowest BCUT2D eigenvalue weighted by molar-refractivity contribution is 0.0651. The van der Waals surface area contributed by atoms with Crippen molar-refractivity contribution in [1.29, 1.82) is 0 Å². The van der Waals surface area contributed by atoms with Gasteiger partial charge in [-0.1, -0.05) is 37.6 Å². The van der Waals surface area contributed by atoms with E-state index in [0.29, 0.717) is 5.92 Å². The van der Waals surface area contributed by atoms with Gasteiger partial charge in [0.2, 0.25) is 0 Å². The predicted molar refractivity (Wildman–Crippen MR) is 77.2 cm³/mol. The second kappa shape index (κ2) is 7.16. The molecule has 0 bridgehead atoms. The van der Waals surface area contributed by atoms with Crippen molar-refractivity contribution in [3.63, 3.8) is 0 Å². The van der Waals surface area contributed by atoms with Gasteiger partial charge in [0.25, 0.3) is 0 Å². The van der Waals surface area contributed by atoms with Crippen LogP contribution in [0.15, 0.2) is 24.3 Å². The molecule has 0 saturated carbocycles. The van der Waals surface area contributed by atoms with Crippen LogP contribution in [-0.4, -0.2) is 13.2 Å². The molecular weight excluding hydrogens is 244 g/mol. The van der Waals surface area contributed by atoms with E-state index in [4.69, 9.17) is 16.3 Å². The van der Waals surface area contributed by atoms with E-state index in [2.05, 4.69) is 31.2 Å². The van der Waals surface area contributed by atoms with Gasteiger partial charge in [0.1, 0.15) is 0 Å². The topological polar surface area (TPSA) is 9.23 Å². The number of aryl methyl sites for hydroxylation is 1. The molecule has 1 atom stereocenters. The molecule has 1 aliphatic rings. The zero-order chi connectivity index (χ0) is 12.8. The minimum absolute atomic E-state index is 0.147. The highest BCUT2D eigenvalue weighted by molar-refractivity contribution is 6.21. The summed E-state index contributed by atoms with van der Waals surface area (Å²) in [5.41, 5.74) is 2.69. The van der Waals surface area contributed by atoms with Crippen LogP contribution < -0.4 is 0 Å². The molecule has 1 heterocycles. The summed E-state index contributed by atoms with van der Waals surface area (Å²) in [6, 6.07) is 8.88.